The Morgan fingerprint density at radius 1 is 1.19 bits per heavy atom. The van der Waals surface area contributed by atoms with Crippen LogP contribution >= 0.6 is 0 Å². The van der Waals surface area contributed by atoms with Gasteiger partial charge in [0.05, 0.1) is 6.54 Å². The summed E-state index contributed by atoms with van der Waals surface area (Å²) >= 11 is 0. The molecule has 0 radical (unpaired) electrons. The maximum atomic E-state index is 12.6. The Bertz CT molecular complexity index is 598. The van der Waals surface area contributed by atoms with Crippen molar-refractivity contribution in [2.75, 3.05) is 0 Å². The highest BCUT2D eigenvalue weighted by Crippen LogP contribution is 2.03. The molecule has 0 fully saturated rings. The lowest BCUT2D eigenvalue weighted by molar-refractivity contribution is 0.626. The Balaban J connectivity index is 2.34. The minimum atomic E-state index is -0.662. The van der Waals surface area contributed by atoms with Crippen LogP contribution in [0.15, 0.2) is 46.2 Å². The van der Waals surface area contributed by atoms with Gasteiger partial charge in [0.1, 0.15) is 5.82 Å². The molecule has 2 aromatic rings. The number of nitrogens with one attached hydrogen (secondary N) is 1. The van der Waals surface area contributed by atoms with Crippen molar-refractivity contribution in [2.45, 2.75) is 6.54 Å². The van der Waals surface area contributed by atoms with Crippen molar-refractivity contribution >= 4 is 0 Å². The molecule has 0 aliphatic rings. The first-order chi connectivity index (χ1) is 7.66. The van der Waals surface area contributed by atoms with E-state index in [-0.39, 0.29) is 12.4 Å². The summed E-state index contributed by atoms with van der Waals surface area (Å²) in [4.78, 5) is 24.7. The quantitative estimate of drug-likeness (QED) is 0.758. The van der Waals surface area contributed by atoms with E-state index in [4.69, 9.17) is 0 Å². The lowest BCUT2D eigenvalue weighted by Crippen LogP contribution is -2.35. The minimum absolute atomic E-state index is 0.253. The number of H-pyrrole nitrogens is 1. The molecule has 0 unspecified atom stereocenters. The fourth-order valence-electron chi connectivity index (χ4n) is 1.37. The predicted octanol–water partition coefficient (Wildman–Crippen LogP) is 0.724. The van der Waals surface area contributed by atoms with Gasteiger partial charge in [-0.1, -0.05) is 12.1 Å². The first-order valence-corrected chi connectivity index (χ1v) is 4.69. The summed E-state index contributed by atoms with van der Waals surface area (Å²) in [6.07, 6.45) is 2.88. The zero-order valence-electron chi connectivity index (χ0n) is 8.31. The van der Waals surface area contributed by atoms with E-state index in [0.717, 1.165) is 5.56 Å². The highest BCUT2D eigenvalue weighted by Gasteiger charge is 2.00. The summed E-state index contributed by atoms with van der Waals surface area (Å²) in [5, 5.41) is 0. The van der Waals surface area contributed by atoms with Crippen LogP contribution < -0.4 is 11.1 Å². The van der Waals surface area contributed by atoms with Crippen LogP contribution in [-0.4, -0.2) is 9.55 Å². The Hall–Kier alpha value is -2.17. The second-order valence-corrected chi connectivity index (χ2v) is 3.35. The van der Waals surface area contributed by atoms with Crippen LogP contribution in [0.3, 0.4) is 0 Å². The molecule has 0 bridgehead atoms. The summed E-state index contributed by atoms with van der Waals surface area (Å²) in [5.74, 6) is -0.331. The topological polar surface area (TPSA) is 54.9 Å². The molecular formula is C11H9FN2O2. The summed E-state index contributed by atoms with van der Waals surface area (Å²) in [6.45, 7) is 0.253. The summed E-state index contributed by atoms with van der Waals surface area (Å²) in [5.41, 5.74) is -0.523. The highest BCUT2D eigenvalue weighted by molar-refractivity contribution is 5.16. The largest absolute Gasteiger partial charge is 0.323 e. The van der Waals surface area contributed by atoms with Gasteiger partial charge in [0, 0.05) is 12.4 Å². The van der Waals surface area contributed by atoms with E-state index in [2.05, 4.69) is 4.98 Å². The van der Waals surface area contributed by atoms with Gasteiger partial charge in [0.2, 0.25) is 0 Å². The van der Waals surface area contributed by atoms with Crippen molar-refractivity contribution in [1.82, 2.24) is 9.55 Å². The molecule has 0 aliphatic carbocycles. The fraction of sp³-hybridized carbons (Fsp3) is 0.0909. The van der Waals surface area contributed by atoms with Crippen molar-refractivity contribution in [3.05, 3.63) is 68.7 Å². The Kier molecular flexibility index (Phi) is 2.68. The molecule has 1 heterocycles. The van der Waals surface area contributed by atoms with Gasteiger partial charge in [-0.05, 0) is 17.7 Å². The van der Waals surface area contributed by atoms with Crippen LogP contribution in [0.4, 0.5) is 4.39 Å². The third-order valence-electron chi connectivity index (χ3n) is 2.19. The minimum Gasteiger partial charge on any atom is -0.323 e. The standard InChI is InChI=1S/C11H9FN2O2/c12-9-3-1-8(2-4-9)7-14-6-5-13-10(15)11(14)16/h1-6H,7H2,(H,13,15). The lowest BCUT2D eigenvalue weighted by Gasteiger charge is -2.03. The molecule has 1 N–H and O–H groups in total. The summed E-state index contributed by atoms with van der Waals surface area (Å²) in [7, 11) is 0. The molecule has 82 valence electrons. The van der Waals surface area contributed by atoms with Crippen molar-refractivity contribution in [3.8, 4) is 0 Å². The molecule has 5 heteroatoms. The summed E-state index contributed by atoms with van der Waals surface area (Å²) in [6, 6.07) is 5.77. The number of aromatic amines is 1. The van der Waals surface area contributed by atoms with Crippen LogP contribution in [-0.2, 0) is 6.54 Å². The normalized spacial score (nSPS) is 10.3. The number of halogens is 1. The average Bonchev–Trinajstić information content (AvgIpc) is 2.28. The monoisotopic (exact) mass is 220 g/mol. The Labute approximate surface area is 90.0 Å². The molecule has 0 aliphatic heterocycles. The van der Waals surface area contributed by atoms with Crippen molar-refractivity contribution in [1.29, 1.82) is 0 Å². The summed E-state index contributed by atoms with van der Waals surface area (Å²) < 4.78 is 13.9. The second-order valence-electron chi connectivity index (χ2n) is 3.35. The number of hydrogen-bond donors (Lipinski definition) is 1. The smallest absolute Gasteiger partial charge is 0.316 e. The van der Waals surface area contributed by atoms with Crippen LogP contribution in [0.2, 0.25) is 0 Å². The van der Waals surface area contributed by atoms with Gasteiger partial charge in [0.25, 0.3) is 0 Å². The third kappa shape index (κ3) is 2.08. The van der Waals surface area contributed by atoms with E-state index in [9.17, 15) is 14.0 Å². The Morgan fingerprint density at radius 2 is 1.88 bits per heavy atom. The highest BCUT2D eigenvalue weighted by atomic mass is 19.1. The Morgan fingerprint density at radius 3 is 2.56 bits per heavy atom. The molecule has 1 aromatic heterocycles. The van der Waals surface area contributed by atoms with Crippen molar-refractivity contribution < 1.29 is 4.39 Å². The number of nitrogens with zero attached hydrogens (tertiary/aromatic N) is 1. The van der Waals surface area contributed by atoms with Gasteiger partial charge in [-0.15, -0.1) is 0 Å². The molecule has 2 rings (SSSR count). The molecule has 0 spiro atoms. The molecular weight excluding hydrogens is 211 g/mol. The number of rotatable bonds is 2. The van der Waals surface area contributed by atoms with E-state index in [1.807, 2.05) is 0 Å². The molecule has 0 saturated heterocycles. The molecule has 0 amide bonds. The van der Waals surface area contributed by atoms with Crippen molar-refractivity contribution in [2.24, 2.45) is 0 Å². The first kappa shape index (κ1) is 10.4. The molecule has 4 nitrogen and oxygen atoms in total. The van der Waals surface area contributed by atoms with Crippen molar-refractivity contribution in [3.63, 3.8) is 0 Å². The molecule has 1 aromatic carbocycles. The van der Waals surface area contributed by atoms with E-state index in [1.54, 1.807) is 12.1 Å². The van der Waals surface area contributed by atoms with E-state index < -0.39 is 11.1 Å². The van der Waals surface area contributed by atoms with Gasteiger partial charge < -0.3 is 9.55 Å². The molecule has 0 atom stereocenters. The van der Waals surface area contributed by atoms with Crippen LogP contribution in [0.1, 0.15) is 5.56 Å². The van der Waals surface area contributed by atoms with E-state index >= 15 is 0 Å². The first-order valence-electron chi connectivity index (χ1n) is 4.69. The van der Waals surface area contributed by atoms with Gasteiger partial charge >= 0.3 is 11.1 Å². The lowest BCUT2D eigenvalue weighted by atomic mass is 10.2. The van der Waals surface area contributed by atoms with E-state index in [0.29, 0.717) is 0 Å². The second kappa shape index (κ2) is 4.14. The van der Waals surface area contributed by atoms with Crippen LogP contribution in [0, 0.1) is 5.82 Å². The number of aromatic nitrogens is 2. The van der Waals surface area contributed by atoms with Crippen LogP contribution in [0.5, 0.6) is 0 Å². The zero-order valence-corrected chi connectivity index (χ0v) is 8.31. The maximum absolute atomic E-state index is 12.6. The number of benzene rings is 1. The maximum Gasteiger partial charge on any atom is 0.316 e. The van der Waals surface area contributed by atoms with Gasteiger partial charge in [-0.25, -0.2) is 4.39 Å². The third-order valence-corrected chi connectivity index (χ3v) is 2.19. The fourth-order valence-corrected chi connectivity index (χ4v) is 1.37. The molecule has 16 heavy (non-hydrogen) atoms. The van der Waals surface area contributed by atoms with E-state index in [1.165, 1.54) is 29.1 Å². The SMILES string of the molecule is O=c1[nH]ccn(Cc2ccc(F)cc2)c1=O. The van der Waals surface area contributed by atoms with Gasteiger partial charge in [-0.2, -0.15) is 0 Å². The van der Waals surface area contributed by atoms with Gasteiger partial charge in [0.15, 0.2) is 0 Å². The number of hydrogen-bond acceptors (Lipinski definition) is 2. The average molecular weight is 220 g/mol. The van der Waals surface area contributed by atoms with Gasteiger partial charge in [-0.3, -0.25) is 9.59 Å². The zero-order chi connectivity index (χ0) is 11.5. The molecule has 0 saturated carbocycles. The van der Waals surface area contributed by atoms with Crippen LogP contribution in [0.25, 0.3) is 0 Å². The predicted molar refractivity (Wildman–Crippen MR) is 56.8 cm³/mol.